The number of nitrogens with zero attached hydrogens (tertiary/aromatic N) is 3. The molecule has 0 atom stereocenters. The molecule has 0 aromatic carbocycles. The van der Waals surface area contributed by atoms with Gasteiger partial charge in [0.2, 0.25) is 0 Å². The van der Waals surface area contributed by atoms with Gasteiger partial charge in [0.1, 0.15) is 28.3 Å². The van der Waals surface area contributed by atoms with E-state index in [0.717, 1.165) is 42.3 Å². The van der Waals surface area contributed by atoms with E-state index in [1.165, 1.54) is 11.3 Å². The number of carbonyl (C=O) groups excluding carboxylic acids is 1. The quantitative estimate of drug-likeness (QED) is 0.593. The second-order valence-corrected chi connectivity index (χ2v) is 7.39. The van der Waals surface area contributed by atoms with E-state index in [0.29, 0.717) is 22.3 Å². The number of anilines is 3. The summed E-state index contributed by atoms with van der Waals surface area (Å²) in [6.45, 7) is 0. The van der Waals surface area contributed by atoms with E-state index in [1.807, 2.05) is 12.1 Å². The smallest absolute Gasteiger partial charge is 0.190 e. The third kappa shape index (κ3) is 3.81. The van der Waals surface area contributed by atoms with Crippen LogP contribution >= 0.6 is 11.3 Å². The van der Waals surface area contributed by atoms with Gasteiger partial charge in [-0.1, -0.05) is 11.3 Å². The van der Waals surface area contributed by atoms with Gasteiger partial charge in [-0.05, 0) is 49.9 Å². The molecule has 0 unspecified atom stereocenters. The Morgan fingerprint density at radius 2 is 1.96 bits per heavy atom. The van der Waals surface area contributed by atoms with Gasteiger partial charge in [0.05, 0.1) is 6.10 Å². The van der Waals surface area contributed by atoms with E-state index in [2.05, 4.69) is 25.6 Å². The van der Waals surface area contributed by atoms with Crippen molar-refractivity contribution in [1.29, 1.82) is 0 Å². The van der Waals surface area contributed by atoms with E-state index in [-0.39, 0.29) is 12.1 Å². The minimum atomic E-state index is -0.202. The summed E-state index contributed by atoms with van der Waals surface area (Å²) in [4.78, 5) is 25.5. The third-order valence-corrected chi connectivity index (χ3v) is 5.33. The van der Waals surface area contributed by atoms with Crippen molar-refractivity contribution < 1.29 is 9.90 Å². The number of nitrogens with one attached hydrogen (secondary N) is 2. The molecule has 0 amide bonds. The number of aliphatic hydroxyl groups is 1. The number of aliphatic hydroxyl groups excluding tert-OH is 1. The van der Waals surface area contributed by atoms with E-state index >= 15 is 0 Å². The molecule has 0 bridgehead atoms. The topological polar surface area (TPSA) is 100 Å². The predicted molar refractivity (Wildman–Crippen MR) is 102 cm³/mol. The molecule has 3 N–H and O–H groups in total. The van der Waals surface area contributed by atoms with Crippen molar-refractivity contribution in [3.63, 3.8) is 0 Å². The molecule has 1 saturated carbocycles. The summed E-state index contributed by atoms with van der Waals surface area (Å²) in [6.07, 6.45) is 5.69. The van der Waals surface area contributed by atoms with Gasteiger partial charge in [-0.25, -0.2) is 15.0 Å². The molecule has 26 heavy (non-hydrogen) atoms. The van der Waals surface area contributed by atoms with Gasteiger partial charge in [-0.2, -0.15) is 0 Å². The molecule has 1 fully saturated rings. The average molecular weight is 369 g/mol. The Kier molecular flexibility index (Phi) is 4.77. The van der Waals surface area contributed by atoms with Crippen LogP contribution in [0.1, 0.15) is 36.0 Å². The lowest BCUT2D eigenvalue weighted by Gasteiger charge is -2.26. The van der Waals surface area contributed by atoms with Crippen molar-refractivity contribution >= 4 is 44.7 Å². The normalized spacial score (nSPS) is 20.0. The van der Waals surface area contributed by atoms with E-state index in [9.17, 15) is 9.90 Å². The number of aldehydes is 1. The number of thiazole rings is 1. The minimum absolute atomic E-state index is 0.202. The molecule has 3 aromatic rings. The molecular weight excluding hydrogens is 350 g/mol. The Balaban J connectivity index is 1.54. The maximum Gasteiger partial charge on any atom is 0.190 e. The molecule has 1 aliphatic rings. The zero-order valence-electron chi connectivity index (χ0n) is 14.1. The van der Waals surface area contributed by atoms with Crippen molar-refractivity contribution in [3.8, 4) is 0 Å². The van der Waals surface area contributed by atoms with E-state index in [4.69, 9.17) is 0 Å². The summed E-state index contributed by atoms with van der Waals surface area (Å²) in [5, 5.41) is 16.9. The van der Waals surface area contributed by atoms with Crippen LogP contribution in [0.2, 0.25) is 0 Å². The fourth-order valence-electron chi connectivity index (χ4n) is 3.12. The van der Waals surface area contributed by atoms with Gasteiger partial charge < -0.3 is 15.7 Å². The SMILES string of the molecule is O=Cc1cc(Nc2nc3cccnc3s2)nc(N[C@H]2CC[C@H](O)CC2)c1. The Morgan fingerprint density at radius 1 is 1.15 bits per heavy atom. The second kappa shape index (κ2) is 7.35. The van der Waals surface area contributed by atoms with Crippen LogP contribution < -0.4 is 10.6 Å². The van der Waals surface area contributed by atoms with Crippen molar-refractivity contribution in [2.24, 2.45) is 0 Å². The lowest BCUT2D eigenvalue weighted by molar-refractivity contribution is 0.112. The molecule has 0 aliphatic heterocycles. The summed E-state index contributed by atoms with van der Waals surface area (Å²) >= 11 is 1.44. The third-order valence-electron chi connectivity index (χ3n) is 4.43. The van der Waals surface area contributed by atoms with Crippen LogP contribution in [0, 0.1) is 0 Å². The van der Waals surface area contributed by atoms with E-state index in [1.54, 1.807) is 18.3 Å². The number of aromatic nitrogens is 3. The average Bonchev–Trinajstić information content (AvgIpc) is 3.05. The molecule has 0 saturated heterocycles. The molecule has 1 aliphatic carbocycles. The molecule has 134 valence electrons. The maximum atomic E-state index is 11.3. The van der Waals surface area contributed by atoms with Gasteiger partial charge in [0, 0.05) is 17.8 Å². The number of fused-ring (bicyclic) bond motifs is 1. The highest BCUT2D eigenvalue weighted by molar-refractivity contribution is 7.21. The standard InChI is InChI=1S/C18H19N5O2S/c24-10-11-8-15(20-12-3-5-13(25)6-4-12)22-16(9-11)23-18-21-14-2-1-7-19-17(14)26-18/h1-2,7-10,12-13,25H,3-6H2,(H2,20,21,22,23)/t12-,13-. The van der Waals surface area contributed by atoms with Gasteiger partial charge in [-0.15, -0.1) is 0 Å². The predicted octanol–water partition coefficient (Wildman–Crippen LogP) is 3.36. The molecule has 7 nitrogen and oxygen atoms in total. The van der Waals surface area contributed by atoms with Crippen LogP contribution in [0.5, 0.6) is 0 Å². The van der Waals surface area contributed by atoms with Crippen molar-refractivity contribution in [2.45, 2.75) is 37.8 Å². The van der Waals surface area contributed by atoms with Crippen LogP contribution in [0.15, 0.2) is 30.5 Å². The molecule has 3 aromatic heterocycles. The van der Waals surface area contributed by atoms with Crippen molar-refractivity contribution in [1.82, 2.24) is 15.0 Å². The second-order valence-electron chi connectivity index (χ2n) is 6.41. The van der Waals surface area contributed by atoms with Crippen LogP contribution in [0.4, 0.5) is 16.8 Å². The minimum Gasteiger partial charge on any atom is -0.393 e. The Hall–Kier alpha value is -2.58. The molecule has 3 heterocycles. The maximum absolute atomic E-state index is 11.3. The summed E-state index contributed by atoms with van der Waals surface area (Å²) in [6, 6.07) is 7.45. The first-order valence-corrected chi connectivity index (χ1v) is 9.42. The number of carbonyl (C=O) groups is 1. The number of hydrogen-bond acceptors (Lipinski definition) is 8. The van der Waals surface area contributed by atoms with Crippen LogP contribution in [-0.4, -0.2) is 38.5 Å². The first-order chi connectivity index (χ1) is 12.7. The Labute approximate surface area is 154 Å². The monoisotopic (exact) mass is 369 g/mol. The van der Waals surface area contributed by atoms with Crippen LogP contribution in [0.3, 0.4) is 0 Å². The number of hydrogen-bond donors (Lipinski definition) is 3. The highest BCUT2D eigenvalue weighted by Crippen LogP contribution is 2.27. The zero-order chi connectivity index (χ0) is 17.9. The van der Waals surface area contributed by atoms with Gasteiger partial charge in [0.25, 0.3) is 0 Å². The Bertz CT molecular complexity index is 888. The fraction of sp³-hybridized carbons (Fsp3) is 0.333. The van der Waals surface area contributed by atoms with Crippen LogP contribution in [0.25, 0.3) is 10.3 Å². The first kappa shape index (κ1) is 16.9. The lowest BCUT2D eigenvalue weighted by Crippen LogP contribution is -2.28. The Morgan fingerprint density at radius 3 is 2.73 bits per heavy atom. The molecular formula is C18H19N5O2S. The molecule has 4 rings (SSSR count). The number of rotatable bonds is 5. The van der Waals surface area contributed by atoms with Gasteiger partial charge >= 0.3 is 0 Å². The zero-order valence-corrected chi connectivity index (χ0v) is 14.9. The fourth-order valence-corrected chi connectivity index (χ4v) is 3.93. The summed E-state index contributed by atoms with van der Waals surface area (Å²) in [7, 11) is 0. The van der Waals surface area contributed by atoms with Crippen molar-refractivity contribution in [2.75, 3.05) is 10.6 Å². The van der Waals surface area contributed by atoms with E-state index < -0.39 is 0 Å². The lowest BCUT2D eigenvalue weighted by atomic mass is 9.93. The molecule has 0 radical (unpaired) electrons. The summed E-state index contributed by atoms with van der Waals surface area (Å²) in [5.74, 6) is 1.21. The highest BCUT2D eigenvalue weighted by atomic mass is 32.1. The van der Waals surface area contributed by atoms with Gasteiger partial charge in [0.15, 0.2) is 5.13 Å². The summed E-state index contributed by atoms with van der Waals surface area (Å²) < 4.78 is 0. The largest absolute Gasteiger partial charge is 0.393 e. The molecule has 0 spiro atoms. The van der Waals surface area contributed by atoms with Crippen LogP contribution in [-0.2, 0) is 0 Å². The first-order valence-electron chi connectivity index (χ1n) is 8.60. The van der Waals surface area contributed by atoms with Crippen molar-refractivity contribution in [3.05, 3.63) is 36.0 Å². The number of pyridine rings is 2. The summed E-state index contributed by atoms with van der Waals surface area (Å²) in [5.41, 5.74) is 1.37. The highest BCUT2D eigenvalue weighted by Gasteiger charge is 2.19. The molecule has 8 heteroatoms. The van der Waals surface area contributed by atoms with Gasteiger partial charge in [-0.3, -0.25) is 4.79 Å².